The van der Waals surface area contributed by atoms with Gasteiger partial charge in [-0.2, -0.15) is 5.26 Å². The van der Waals surface area contributed by atoms with Crippen LogP contribution in [0, 0.1) is 17.2 Å². The van der Waals surface area contributed by atoms with E-state index in [9.17, 15) is 0 Å². The summed E-state index contributed by atoms with van der Waals surface area (Å²) < 4.78 is 0. The fraction of sp³-hybridized carbons (Fsp3) is 0.455. The second-order valence-electron chi connectivity index (χ2n) is 3.89. The molecule has 1 aromatic rings. The highest BCUT2D eigenvalue weighted by atomic mass is 35.5. The molecule has 0 aromatic carbocycles. The molecule has 4 nitrogen and oxygen atoms in total. The zero-order chi connectivity index (χ0) is 12.1. The Morgan fingerprint density at radius 1 is 1.62 bits per heavy atom. The Bertz CT molecular complexity index is 399. The molecule has 2 N–H and O–H groups in total. The molecule has 0 saturated heterocycles. The predicted octanol–water partition coefficient (Wildman–Crippen LogP) is 1.91. The third-order valence-electron chi connectivity index (χ3n) is 2.17. The molecule has 86 valence electrons. The van der Waals surface area contributed by atoms with E-state index in [1.54, 1.807) is 12.1 Å². The average Bonchev–Trinajstić information content (AvgIpc) is 2.23. The number of nitrogen functional groups attached to an aromatic ring is 1. The number of nitriles is 1. The lowest BCUT2D eigenvalue weighted by Gasteiger charge is -2.17. The fourth-order valence-corrected chi connectivity index (χ4v) is 1.61. The van der Waals surface area contributed by atoms with Gasteiger partial charge in [-0.1, -0.05) is 11.6 Å². The van der Waals surface area contributed by atoms with Crippen molar-refractivity contribution in [1.29, 1.82) is 5.26 Å². The summed E-state index contributed by atoms with van der Waals surface area (Å²) in [6.45, 7) is 3.16. The zero-order valence-corrected chi connectivity index (χ0v) is 10.2. The van der Waals surface area contributed by atoms with Gasteiger partial charge in [0.2, 0.25) is 0 Å². The van der Waals surface area contributed by atoms with Crippen molar-refractivity contribution in [3.8, 4) is 6.07 Å². The van der Waals surface area contributed by atoms with Crippen LogP contribution >= 0.6 is 11.6 Å². The minimum Gasteiger partial charge on any atom is -0.384 e. The highest BCUT2D eigenvalue weighted by molar-refractivity contribution is 6.31. The van der Waals surface area contributed by atoms with Crippen LogP contribution in [0.4, 0.5) is 5.82 Å². The second-order valence-corrected chi connectivity index (χ2v) is 4.30. The van der Waals surface area contributed by atoms with Crippen LogP contribution in [0.3, 0.4) is 0 Å². The van der Waals surface area contributed by atoms with Crippen LogP contribution in [0.5, 0.6) is 0 Å². The molecule has 0 radical (unpaired) electrons. The van der Waals surface area contributed by atoms with Gasteiger partial charge in [0.1, 0.15) is 5.82 Å². The van der Waals surface area contributed by atoms with E-state index in [4.69, 9.17) is 22.6 Å². The first-order chi connectivity index (χ1) is 7.52. The Balaban J connectivity index is 2.66. The maximum Gasteiger partial charge on any atom is 0.123 e. The van der Waals surface area contributed by atoms with Gasteiger partial charge in [-0.05, 0) is 26.1 Å². The Morgan fingerprint density at radius 3 is 2.94 bits per heavy atom. The summed E-state index contributed by atoms with van der Waals surface area (Å²) in [7, 11) is 1.93. The quantitative estimate of drug-likeness (QED) is 0.870. The lowest BCUT2D eigenvalue weighted by molar-refractivity contribution is 0.300. The Hall–Kier alpha value is -1.31. The molecule has 1 atom stereocenters. The van der Waals surface area contributed by atoms with Crippen LogP contribution in [-0.2, 0) is 6.54 Å². The average molecular weight is 239 g/mol. The van der Waals surface area contributed by atoms with E-state index in [0.717, 1.165) is 5.69 Å². The van der Waals surface area contributed by atoms with E-state index in [1.165, 1.54) is 0 Å². The molecule has 1 unspecified atom stereocenters. The molecule has 16 heavy (non-hydrogen) atoms. The highest BCUT2D eigenvalue weighted by Crippen LogP contribution is 2.16. The number of nitrogens with zero attached hydrogens (tertiary/aromatic N) is 3. The van der Waals surface area contributed by atoms with Crippen LogP contribution in [-0.4, -0.2) is 23.5 Å². The second kappa shape index (κ2) is 5.69. The van der Waals surface area contributed by atoms with Gasteiger partial charge in [-0.3, -0.25) is 4.90 Å². The maximum atomic E-state index is 8.71. The van der Waals surface area contributed by atoms with Gasteiger partial charge in [-0.25, -0.2) is 4.98 Å². The van der Waals surface area contributed by atoms with Crippen molar-refractivity contribution in [2.24, 2.45) is 5.92 Å². The molecular weight excluding hydrogens is 224 g/mol. The normalized spacial score (nSPS) is 12.4. The SMILES string of the molecule is CC(C#N)CN(C)Cc1nc(N)ccc1Cl. The molecule has 0 saturated carbocycles. The number of nitrogens with two attached hydrogens (primary N) is 1. The number of aromatic nitrogens is 1. The zero-order valence-electron chi connectivity index (χ0n) is 9.44. The third-order valence-corrected chi connectivity index (χ3v) is 2.51. The monoisotopic (exact) mass is 238 g/mol. The Morgan fingerprint density at radius 2 is 2.31 bits per heavy atom. The lowest BCUT2D eigenvalue weighted by Crippen LogP contribution is -2.24. The fourth-order valence-electron chi connectivity index (χ4n) is 1.44. The minimum absolute atomic E-state index is 0.00941. The summed E-state index contributed by atoms with van der Waals surface area (Å²) in [4.78, 5) is 6.17. The summed E-state index contributed by atoms with van der Waals surface area (Å²) in [5.41, 5.74) is 6.33. The van der Waals surface area contributed by atoms with Gasteiger partial charge >= 0.3 is 0 Å². The van der Waals surface area contributed by atoms with Crippen molar-refractivity contribution in [1.82, 2.24) is 9.88 Å². The van der Waals surface area contributed by atoms with Crippen LogP contribution in [0.1, 0.15) is 12.6 Å². The van der Waals surface area contributed by atoms with Crippen LogP contribution < -0.4 is 5.73 Å². The number of rotatable bonds is 4. The van der Waals surface area contributed by atoms with E-state index in [-0.39, 0.29) is 5.92 Å². The summed E-state index contributed by atoms with van der Waals surface area (Å²) in [5.74, 6) is 0.450. The summed E-state index contributed by atoms with van der Waals surface area (Å²) in [5, 5.41) is 9.31. The van der Waals surface area contributed by atoms with E-state index in [0.29, 0.717) is 23.9 Å². The van der Waals surface area contributed by atoms with Crippen LogP contribution in [0.2, 0.25) is 5.02 Å². The number of hydrogen-bond donors (Lipinski definition) is 1. The van der Waals surface area contributed by atoms with Gasteiger partial charge in [0.05, 0.1) is 22.7 Å². The van der Waals surface area contributed by atoms with E-state index >= 15 is 0 Å². The van der Waals surface area contributed by atoms with Gasteiger partial charge in [0.15, 0.2) is 0 Å². The highest BCUT2D eigenvalue weighted by Gasteiger charge is 2.09. The molecule has 0 bridgehead atoms. The molecular formula is C11H15ClN4. The first-order valence-corrected chi connectivity index (χ1v) is 5.39. The van der Waals surface area contributed by atoms with Crippen molar-refractivity contribution in [2.45, 2.75) is 13.5 Å². The van der Waals surface area contributed by atoms with Crippen molar-refractivity contribution >= 4 is 17.4 Å². The summed E-state index contributed by atoms with van der Waals surface area (Å²) >= 11 is 6.00. The van der Waals surface area contributed by atoms with Gasteiger partial charge in [0, 0.05) is 13.1 Å². The number of halogens is 1. The third kappa shape index (κ3) is 3.69. The predicted molar refractivity (Wildman–Crippen MR) is 64.8 cm³/mol. The summed E-state index contributed by atoms with van der Waals surface area (Å²) in [6.07, 6.45) is 0. The van der Waals surface area contributed by atoms with Crippen molar-refractivity contribution in [3.63, 3.8) is 0 Å². The number of hydrogen-bond acceptors (Lipinski definition) is 4. The standard InChI is InChI=1S/C11H15ClN4/c1-8(5-13)6-16(2)7-10-9(12)3-4-11(14)15-10/h3-4,8H,6-7H2,1-2H3,(H2,14,15). The van der Waals surface area contributed by atoms with Gasteiger partial charge in [0.25, 0.3) is 0 Å². The molecule has 5 heteroatoms. The number of anilines is 1. The molecule has 0 aliphatic carbocycles. The van der Waals surface area contributed by atoms with Gasteiger partial charge < -0.3 is 5.73 Å². The molecule has 1 rings (SSSR count). The number of pyridine rings is 1. The smallest absolute Gasteiger partial charge is 0.123 e. The maximum absolute atomic E-state index is 8.71. The first kappa shape index (κ1) is 12.8. The molecule has 0 aliphatic heterocycles. The van der Waals surface area contributed by atoms with Crippen LogP contribution in [0.15, 0.2) is 12.1 Å². The Labute approximate surface area is 101 Å². The first-order valence-electron chi connectivity index (χ1n) is 5.02. The van der Waals surface area contributed by atoms with Crippen molar-refractivity contribution in [3.05, 3.63) is 22.8 Å². The van der Waals surface area contributed by atoms with Gasteiger partial charge in [-0.15, -0.1) is 0 Å². The largest absolute Gasteiger partial charge is 0.384 e. The minimum atomic E-state index is -0.00941. The Kier molecular flexibility index (Phi) is 4.53. The summed E-state index contributed by atoms with van der Waals surface area (Å²) in [6, 6.07) is 5.60. The molecule has 0 aliphatic rings. The van der Waals surface area contributed by atoms with E-state index in [1.807, 2.05) is 18.9 Å². The van der Waals surface area contributed by atoms with Crippen molar-refractivity contribution in [2.75, 3.05) is 19.3 Å². The molecule has 1 aromatic heterocycles. The lowest BCUT2D eigenvalue weighted by atomic mass is 10.2. The molecule has 0 amide bonds. The molecule has 0 spiro atoms. The molecule has 1 heterocycles. The topological polar surface area (TPSA) is 65.9 Å². The molecule has 0 fully saturated rings. The van der Waals surface area contributed by atoms with Crippen LogP contribution in [0.25, 0.3) is 0 Å². The van der Waals surface area contributed by atoms with E-state index < -0.39 is 0 Å². The van der Waals surface area contributed by atoms with E-state index in [2.05, 4.69) is 11.1 Å². The van der Waals surface area contributed by atoms with Crippen molar-refractivity contribution < 1.29 is 0 Å².